The predicted molar refractivity (Wildman–Crippen MR) is 71.3 cm³/mol. The van der Waals surface area contributed by atoms with E-state index in [1.54, 1.807) is 0 Å². The molecule has 0 saturated heterocycles. The fourth-order valence-electron chi connectivity index (χ4n) is 1.49. The van der Waals surface area contributed by atoms with Crippen molar-refractivity contribution in [1.29, 1.82) is 0 Å². The average molecular weight is 265 g/mol. The highest BCUT2D eigenvalue weighted by atomic mass is 16.5. The van der Waals surface area contributed by atoms with Crippen molar-refractivity contribution < 1.29 is 19.4 Å². The summed E-state index contributed by atoms with van der Waals surface area (Å²) in [7, 11) is 0. The summed E-state index contributed by atoms with van der Waals surface area (Å²) in [5.41, 5.74) is 1.17. The van der Waals surface area contributed by atoms with E-state index < -0.39 is 5.97 Å². The second-order valence-electron chi connectivity index (χ2n) is 4.50. The van der Waals surface area contributed by atoms with Crippen LogP contribution < -0.4 is 10.1 Å². The molecule has 5 nitrogen and oxygen atoms in total. The van der Waals surface area contributed by atoms with Gasteiger partial charge in [0.15, 0.2) is 0 Å². The number of carboxylic acid groups (broad SMARTS) is 1. The van der Waals surface area contributed by atoms with Crippen molar-refractivity contribution in [3.05, 3.63) is 29.8 Å². The SMILES string of the molecule is CC(C)c1cccc(OCCC(=O)NCC(=O)O)c1. The lowest BCUT2D eigenvalue weighted by Crippen LogP contribution is -2.30. The van der Waals surface area contributed by atoms with Gasteiger partial charge in [-0.25, -0.2) is 0 Å². The summed E-state index contributed by atoms with van der Waals surface area (Å²) in [6.45, 7) is 4.06. The molecule has 0 spiro atoms. The summed E-state index contributed by atoms with van der Waals surface area (Å²) in [5, 5.41) is 10.7. The molecule has 0 aliphatic carbocycles. The van der Waals surface area contributed by atoms with Crippen LogP contribution in [0, 0.1) is 0 Å². The minimum Gasteiger partial charge on any atom is -0.493 e. The van der Waals surface area contributed by atoms with Crippen LogP contribution >= 0.6 is 0 Å². The van der Waals surface area contributed by atoms with Crippen LogP contribution in [0.1, 0.15) is 31.7 Å². The van der Waals surface area contributed by atoms with Crippen LogP contribution in [0.25, 0.3) is 0 Å². The Morgan fingerprint density at radius 2 is 2.11 bits per heavy atom. The predicted octanol–water partition coefficient (Wildman–Crippen LogP) is 1.78. The minimum atomic E-state index is -1.06. The zero-order valence-corrected chi connectivity index (χ0v) is 11.2. The topological polar surface area (TPSA) is 75.6 Å². The number of rotatable bonds is 7. The molecule has 0 aromatic heterocycles. The second kappa shape index (κ2) is 7.41. The van der Waals surface area contributed by atoms with Crippen LogP contribution in [0.3, 0.4) is 0 Å². The number of hydrogen-bond acceptors (Lipinski definition) is 3. The van der Waals surface area contributed by atoms with E-state index >= 15 is 0 Å². The fourth-order valence-corrected chi connectivity index (χ4v) is 1.49. The third kappa shape index (κ3) is 5.90. The summed E-state index contributed by atoms with van der Waals surface area (Å²) in [5.74, 6) is -0.249. The van der Waals surface area contributed by atoms with Gasteiger partial charge in [0.1, 0.15) is 12.3 Å². The Morgan fingerprint density at radius 1 is 1.37 bits per heavy atom. The van der Waals surface area contributed by atoms with E-state index in [1.165, 1.54) is 5.56 Å². The molecule has 1 aromatic carbocycles. The van der Waals surface area contributed by atoms with E-state index in [-0.39, 0.29) is 25.5 Å². The standard InChI is InChI=1S/C14H19NO4/c1-10(2)11-4-3-5-12(8-11)19-7-6-13(16)15-9-14(17)18/h3-5,8,10H,6-7,9H2,1-2H3,(H,15,16)(H,17,18). The lowest BCUT2D eigenvalue weighted by atomic mass is 10.0. The molecule has 0 aliphatic heterocycles. The molecular formula is C14H19NO4. The molecule has 0 aliphatic rings. The summed E-state index contributed by atoms with van der Waals surface area (Å²) in [6, 6.07) is 7.72. The number of benzene rings is 1. The van der Waals surface area contributed by atoms with Crippen LogP contribution in [0.4, 0.5) is 0 Å². The summed E-state index contributed by atoms with van der Waals surface area (Å²) in [4.78, 5) is 21.5. The molecule has 1 amide bonds. The molecular weight excluding hydrogens is 246 g/mol. The van der Waals surface area contributed by atoms with Gasteiger partial charge < -0.3 is 15.2 Å². The van der Waals surface area contributed by atoms with Gasteiger partial charge in [-0.2, -0.15) is 0 Å². The van der Waals surface area contributed by atoms with Crippen LogP contribution in [0.15, 0.2) is 24.3 Å². The Hall–Kier alpha value is -2.04. The Kier molecular flexibility index (Phi) is 5.85. The highest BCUT2D eigenvalue weighted by Gasteiger charge is 2.05. The minimum absolute atomic E-state index is 0.138. The largest absolute Gasteiger partial charge is 0.493 e. The number of nitrogens with one attached hydrogen (secondary N) is 1. The van der Waals surface area contributed by atoms with Crippen molar-refractivity contribution in [1.82, 2.24) is 5.32 Å². The highest BCUT2D eigenvalue weighted by Crippen LogP contribution is 2.20. The quantitative estimate of drug-likeness (QED) is 0.788. The van der Waals surface area contributed by atoms with Gasteiger partial charge >= 0.3 is 5.97 Å². The van der Waals surface area contributed by atoms with E-state index in [9.17, 15) is 9.59 Å². The molecule has 0 bridgehead atoms. The zero-order chi connectivity index (χ0) is 14.3. The van der Waals surface area contributed by atoms with E-state index in [0.717, 1.165) is 5.75 Å². The maximum Gasteiger partial charge on any atom is 0.322 e. The van der Waals surface area contributed by atoms with Crippen molar-refractivity contribution >= 4 is 11.9 Å². The number of carboxylic acids is 1. The molecule has 0 fully saturated rings. The monoisotopic (exact) mass is 265 g/mol. The van der Waals surface area contributed by atoms with Crippen LogP contribution in [0.5, 0.6) is 5.75 Å². The van der Waals surface area contributed by atoms with Gasteiger partial charge in [0.2, 0.25) is 5.91 Å². The van der Waals surface area contributed by atoms with E-state index in [1.807, 2.05) is 24.3 Å². The lowest BCUT2D eigenvalue weighted by molar-refractivity contribution is -0.138. The maximum absolute atomic E-state index is 11.3. The summed E-state index contributed by atoms with van der Waals surface area (Å²) < 4.78 is 5.47. The molecule has 0 heterocycles. The van der Waals surface area contributed by atoms with Gasteiger partial charge in [-0.3, -0.25) is 9.59 Å². The number of amides is 1. The van der Waals surface area contributed by atoms with Crippen molar-refractivity contribution in [2.24, 2.45) is 0 Å². The number of hydrogen-bond donors (Lipinski definition) is 2. The van der Waals surface area contributed by atoms with Crippen molar-refractivity contribution in [2.75, 3.05) is 13.2 Å². The maximum atomic E-state index is 11.3. The number of carbonyl (C=O) groups excluding carboxylic acids is 1. The number of carbonyl (C=O) groups is 2. The Bertz CT molecular complexity index is 443. The number of aliphatic carboxylic acids is 1. The van der Waals surface area contributed by atoms with Crippen molar-refractivity contribution in [3.63, 3.8) is 0 Å². The first-order valence-electron chi connectivity index (χ1n) is 6.20. The molecule has 19 heavy (non-hydrogen) atoms. The first-order chi connectivity index (χ1) is 8.99. The van der Waals surface area contributed by atoms with Crippen molar-refractivity contribution in [2.45, 2.75) is 26.2 Å². The fraction of sp³-hybridized carbons (Fsp3) is 0.429. The van der Waals surface area contributed by atoms with Gasteiger partial charge in [-0.1, -0.05) is 26.0 Å². The zero-order valence-electron chi connectivity index (χ0n) is 11.2. The van der Waals surface area contributed by atoms with E-state index in [0.29, 0.717) is 5.92 Å². The normalized spacial score (nSPS) is 10.3. The molecule has 0 saturated carbocycles. The highest BCUT2D eigenvalue weighted by molar-refractivity contribution is 5.81. The molecule has 5 heteroatoms. The lowest BCUT2D eigenvalue weighted by Gasteiger charge is -2.09. The summed E-state index contributed by atoms with van der Waals surface area (Å²) >= 11 is 0. The van der Waals surface area contributed by atoms with Gasteiger partial charge in [-0.15, -0.1) is 0 Å². The third-order valence-electron chi connectivity index (χ3n) is 2.56. The molecule has 0 atom stereocenters. The van der Waals surface area contributed by atoms with E-state index in [4.69, 9.17) is 9.84 Å². The van der Waals surface area contributed by atoms with E-state index in [2.05, 4.69) is 19.2 Å². The Morgan fingerprint density at radius 3 is 2.74 bits per heavy atom. The number of ether oxygens (including phenoxy) is 1. The first kappa shape index (κ1) is 15.0. The van der Waals surface area contributed by atoms with Gasteiger partial charge in [0.25, 0.3) is 0 Å². The Labute approximate surface area is 112 Å². The molecule has 0 unspecified atom stereocenters. The molecule has 104 valence electrons. The smallest absolute Gasteiger partial charge is 0.322 e. The van der Waals surface area contributed by atoms with Crippen LogP contribution in [0.2, 0.25) is 0 Å². The molecule has 0 radical (unpaired) electrons. The Balaban J connectivity index is 2.34. The first-order valence-corrected chi connectivity index (χ1v) is 6.20. The van der Waals surface area contributed by atoms with Gasteiger partial charge in [0, 0.05) is 0 Å². The van der Waals surface area contributed by atoms with Crippen molar-refractivity contribution in [3.8, 4) is 5.75 Å². The molecule has 2 N–H and O–H groups in total. The summed E-state index contributed by atoms with van der Waals surface area (Å²) in [6.07, 6.45) is 0.138. The molecule has 1 rings (SSSR count). The average Bonchev–Trinajstić information content (AvgIpc) is 2.36. The van der Waals surface area contributed by atoms with Crippen LogP contribution in [-0.4, -0.2) is 30.1 Å². The molecule has 1 aromatic rings. The van der Waals surface area contributed by atoms with Gasteiger partial charge in [0.05, 0.1) is 13.0 Å². The third-order valence-corrected chi connectivity index (χ3v) is 2.56. The van der Waals surface area contributed by atoms with Crippen LogP contribution in [-0.2, 0) is 9.59 Å². The second-order valence-corrected chi connectivity index (χ2v) is 4.50. The van der Waals surface area contributed by atoms with Gasteiger partial charge in [-0.05, 0) is 23.6 Å².